The van der Waals surface area contributed by atoms with Gasteiger partial charge in [-0.15, -0.1) is 0 Å². The minimum atomic E-state index is -0.360. The third-order valence-corrected chi connectivity index (χ3v) is 6.25. The first-order valence-electron chi connectivity index (χ1n) is 11.0. The number of hydrogen-bond acceptors (Lipinski definition) is 3. The van der Waals surface area contributed by atoms with Crippen LogP contribution in [0.2, 0.25) is 0 Å². The summed E-state index contributed by atoms with van der Waals surface area (Å²) < 4.78 is 0. The lowest BCUT2D eigenvalue weighted by molar-refractivity contribution is -0.384. The van der Waals surface area contributed by atoms with Crippen molar-refractivity contribution in [3.8, 4) is 11.1 Å². The van der Waals surface area contributed by atoms with Gasteiger partial charge in [-0.3, -0.25) is 10.1 Å². The Morgan fingerprint density at radius 3 is 2.39 bits per heavy atom. The van der Waals surface area contributed by atoms with Gasteiger partial charge in [0.25, 0.3) is 5.69 Å². The molecule has 33 heavy (non-hydrogen) atoms. The Balaban J connectivity index is 1.32. The summed E-state index contributed by atoms with van der Waals surface area (Å²) in [4.78, 5) is 23.4. The number of rotatable bonds is 4. The summed E-state index contributed by atoms with van der Waals surface area (Å²) >= 11 is 0. The Morgan fingerprint density at radius 1 is 0.909 bits per heavy atom. The number of nitro groups is 1. The Labute approximate surface area is 191 Å². The van der Waals surface area contributed by atoms with E-state index in [9.17, 15) is 14.9 Å². The summed E-state index contributed by atoms with van der Waals surface area (Å²) in [5.74, 6) is 0. The summed E-state index contributed by atoms with van der Waals surface area (Å²) in [5.41, 5.74) is 6.09. The van der Waals surface area contributed by atoms with Crippen LogP contribution >= 0.6 is 0 Å². The summed E-state index contributed by atoms with van der Waals surface area (Å²) in [6, 6.07) is 24.7. The van der Waals surface area contributed by atoms with Gasteiger partial charge >= 0.3 is 6.03 Å². The molecule has 5 rings (SSSR count). The lowest BCUT2D eigenvalue weighted by Gasteiger charge is -2.21. The van der Waals surface area contributed by atoms with Gasteiger partial charge in [-0.05, 0) is 76.6 Å². The first-order valence-corrected chi connectivity index (χ1v) is 11.0. The number of urea groups is 1. The van der Waals surface area contributed by atoms with Crippen LogP contribution in [0.4, 0.5) is 16.2 Å². The molecule has 1 atom stereocenters. The number of nitro benzene ring substituents is 1. The molecule has 0 radical (unpaired) electrons. The van der Waals surface area contributed by atoms with Crippen molar-refractivity contribution in [1.82, 2.24) is 5.32 Å². The van der Waals surface area contributed by atoms with Crippen molar-refractivity contribution in [2.75, 3.05) is 5.32 Å². The average Bonchev–Trinajstić information content (AvgIpc) is 2.82. The number of non-ortho nitro benzene ring substituents is 1. The first kappa shape index (κ1) is 20.7. The largest absolute Gasteiger partial charge is 0.331 e. The van der Waals surface area contributed by atoms with Crippen molar-refractivity contribution >= 4 is 28.2 Å². The van der Waals surface area contributed by atoms with Crippen LogP contribution in [0.1, 0.15) is 29.7 Å². The van der Waals surface area contributed by atoms with Gasteiger partial charge in [-0.25, -0.2) is 4.79 Å². The highest BCUT2D eigenvalue weighted by molar-refractivity contribution is 5.91. The molecule has 6 nitrogen and oxygen atoms in total. The fourth-order valence-corrected chi connectivity index (χ4v) is 4.64. The molecule has 4 aromatic carbocycles. The SMILES string of the molecule is C[C@@H](NC(=O)Nc1ccc2c(c1)CCc1cc([N+](=O)[O-])ccc1-2)c1cccc2ccccc12. The van der Waals surface area contributed by atoms with E-state index in [0.717, 1.165) is 57.1 Å². The first-order chi connectivity index (χ1) is 16.0. The normalized spacial score (nSPS) is 13.0. The van der Waals surface area contributed by atoms with Crippen LogP contribution in [0, 0.1) is 10.1 Å². The zero-order chi connectivity index (χ0) is 22.9. The predicted molar refractivity (Wildman–Crippen MR) is 130 cm³/mol. The highest BCUT2D eigenvalue weighted by atomic mass is 16.6. The number of amides is 2. The van der Waals surface area contributed by atoms with Crippen molar-refractivity contribution in [3.63, 3.8) is 0 Å². The number of nitrogens with one attached hydrogen (secondary N) is 2. The molecule has 2 N–H and O–H groups in total. The van der Waals surface area contributed by atoms with Gasteiger partial charge in [0.1, 0.15) is 0 Å². The quantitative estimate of drug-likeness (QED) is 0.286. The lowest BCUT2D eigenvalue weighted by Crippen LogP contribution is -2.31. The maximum atomic E-state index is 12.7. The van der Waals surface area contributed by atoms with E-state index >= 15 is 0 Å². The molecule has 0 aromatic heterocycles. The molecule has 0 heterocycles. The molecule has 6 heteroatoms. The molecular weight excluding hydrogens is 414 g/mol. The number of carbonyl (C=O) groups excluding carboxylic acids is 1. The molecule has 0 unspecified atom stereocenters. The van der Waals surface area contributed by atoms with Gasteiger partial charge < -0.3 is 10.6 Å². The Bertz CT molecular complexity index is 1390. The molecule has 1 aliphatic rings. The molecule has 0 aliphatic heterocycles. The molecule has 4 aromatic rings. The number of aryl methyl sites for hydroxylation is 2. The number of anilines is 1. The average molecular weight is 437 g/mol. The van der Waals surface area contributed by atoms with E-state index < -0.39 is 0 Å². The monoisotopic (exact) mass is 437 g/mol. The van der Waals surface area contributed by atoms with Gasteiger partial charge in [0.05, 0.1) is 11.0 Å². The fraction of sp³-hybridized carbons (Fsp3) is 0.148. The highest BCUT2D eigenvalue weighted by Gasteiger charge is 2.20. The number of carbonyl (C=O) groups is 1. The van der Waals surface area contributed by atoms with Crippen LogP contribution in [-0.2, 0) is 12.8 Å². The smallest absolute Gasteiger partial charge is 0.319 e. The zero-order valence-electron chi connectivity index (χ0n) is 18.2. The van der Waals surface area contributed by atoms with Crippen molar-refractivity contribution in [1.29, 1.82) is 0 Å². The standard InChI is InChI=1S/C27H23N3O3/c1-17(23-8-4-6-18-5-2-3-7-24(18)23)28-27(31)29-21-11-13-25-19(15-21)9-10-20-16-22(30(32)33)12-14-26(20)25/h2-8,11-17H,9-10H2,1H3,(H2,28,29,31)/t17-/m1/s1. The third kappa shape index (κ3) is 4.03. The van der Waals surface area contributed by atoms with Crippen molar-refractivity contribution in [2.45, 2.75) is 25.8 Å². The van der Waals surface area contributed by atoms with Gasteiger partial charge in [0.2, 0.25) is 0 Å². The van der Waals surface area contributed by atoms with E-state index in [1.54, 1.807) is 12.1 Å². The second-order valence-corrected chi connectivity index (χ2v) is 8.36. The third-order valence-electron chi connectivity index (χ3n) is 6.25. The lowest BCUT2D eigenvalue weighted by atomic mass is 9.85. The van der Waals surface area contributed by atoms with E-state index in [1.165, 1.54) is 0 Å². The summed E-state index contributed by atoms with van der Waals surface area (Å²) in [6.45, 7) is 1.98. The van der Waals surface area contributed by atoms with Crippen LogP contribution in [-0.4, -0.2) is 11.0 Å². The number of benzene rings is 4. The summed E-state index contributed by atoms with van der Waals surface area (Å²) in [6.07, 6.45) is 1.50. The maximum absolute atomic E-state index is 12.7. The fourth-order valence-electron chi connectivity index (χ4n) is 4.64. The molecule has 0 bridgehead atoms. The van der Waals surface area contributed by atoms with Crippen LogP contribution in [0.5, 0.6) is 0 Å². The molecule has 164 valence electrons. The number of hydrogen-bond donors (Lipinski definition) is 2. The second kappa shape index (κ2) is 8.39. The molecule has 0 fully saturated rings. The molecule has 0 spiro atoms. The van der Waals surface area contributed by atoms with Crippen molar-refractivity contribution < 1.29 is 9.72 Å². The van der Waals surface area contributed by atoms with E-state index in [-0.39, 0.29) is 22.7 Å². The minimum Gasteiger partial charge on any atom is -0.331 e. The Kier molecular flexibility index (Phi) is 5.26. The maximum Gasteiger partial charge on any atom is 0.319 e. The van der Waals surface area contributed by atoms with E-state index in [2.05, 4.69) is 28.8 Å². The summed E-state index contributed by atoms with van der Waals surface area (Å²) in [7, 11) is 0. The van der Waals surface area contributed by atoms with Crippen LogP contribution in [0.25, 0.3) is 21.9 Å². The molecular formula is C27H23N3O3. The van der Waals surface area contributed by atoms with Gasteiger partial charge in [-0.1, -0.05) is 48.5 Å². The minimum absolute atomic E-state index is 0.118. The van der Waals surface area contributed by atoms with Crippen LogP contribution in [0.15, 0.2) is 78.9 Å². The van der Waals surface area contributed by atoms with E-state index in [1.807, 2.05) is 55.5 Å². The van der Waals surface area contributed by atoms with Gasteiger partial charge in [-0.2, -0.15) is 0 Å². The number of nitrogens with zero attached hydrogens (tertiary/aromatic N) is 1. The topological polar surface area (TPSA) is 84.3 Å². The molecule has 0 saturated carbocycles. The van der Waals surface area contributed by atoms with Crippen molar-refractivity contribution in [3.05, 3.63) is 106 Å². The molecule has 1 aliphatic carbocycles. The molecule has 2 amide bonds. The predicted octanol–water partition coefficient (Wildman–Crippen LogP) is 6.40. The number of fused-ring (bicyclic) bond motifs is 4. The van der Waals surface area contributed by atoms with E-state index in [0.29, 0.717) is 0 Å². The van der Waals surface area contributed by atoms with Crippen LogP contribution < -0.4 is 10.6 Å². The zero-order valence-corrected chi connectivity index (χ0v) is 18.2. The Hall–Kier alpha value is -4.19. The summed E-state index contributed by atoms with van der Waals surface area (Å²) in [5, 5.41) is 19.3. The van der Waals surface area contributed by atoms with E-state index in [4.69, 9.17) is 0 Å². The molecule has 0 saturated heterocycles. The Morgan fingerprint density at radius 2 is 1.61 bits per heavy atom. The highest BCUT2D eigenvalue weighted by Crippen LogP contribution is 2.36. The van der Waals surface area contributed by atoms with Crippen molar-refractivity contribution in [2.24, 2.45) is 0 Å². The van der Waals surface area contributed by atoms with Crippen LogP contribution in [0.3, 0.4) is 0 Å². The van der Waals surface area contributed by atoms with Gasteiger partial charge in [0.15, 0.2) is 0 Å². The van der Waals surface area contributed by atoms with Gasteiger partial charge in [0, 0.05) is 17.8 Å². The second-order valence-electron chi connectivity index (χ2n) is 8.36.